The van der Waals surface area contributed by atoms with Crippen LogP contribution in [0.3, 0.4) is 0 Å². The van der Waals surface area contributed by atoms with E-state index in [1.807, 2.05) is 13.0 Å². The SMILES string of the molecule is CCCOc1ccc(-c2c(C(=O)N/N=C/c3ccccc3Cl)nnn2-c2nonc2N)cc1. The molecule has 0 spiro atoms. The Labute approximate surface area is 193 Å². The molecule has 0 radical (unpaired) electrons. The van der Waals surface area contributed by atoms with Gasteiger partial charge in [-0.3, -0.25) is 4.79 Å². The van der Waals surface area contributed by atoms with Gasteiger partial charge in [0.2, 0.25) is 11.6 Å². The summed E-state index contributed by atoms with van der Waals surface area (Å²) in [6.07, 6.45) is 2.32. The molecule has 0 atom stereocenters. The van der Waals surface area contributed by atoms with Gasteiger partial charge in [-0.05, 0) is 47.1 Å². The Morgan fingerprint density at radius 1 is 1.24 bits per heavy atom. The summed E-state index contributed by atoms with van der Waals surface area (Å²) in [7, 11) is 0. The van der Waals surface area contributed by atoms with Gasteiger partial charge in [-0.2, -0.15) is 9.78 Å². The molecule has 168 valence electrons. The van der Waals surface area contributed by atoms with Crippen molar-refractivity contribution in [2.45, 2.75) is 13.3 Å². The second-order valence-corrected chi connectivity index (χ2v) is 7.17. The van der Waals surface area contributed by atoms with E-state index in [1.54, 1.807) is 42.5 Å². The molecule has 0 fully saturated rings. The van der Waals surface area contributed by atoms with E-state index < -0.39 is 5.91 Å². The van der Waals surface area contributed by atoms with E-state index >= 15 is 0 Å². The summed E-state index contributed by atoms with van der Waals surface area (Å²) in [5.74, 6) is 0.189. The molecule has 0 unspecified atom stereocenters. The number of anilines is 1. The number of halogens is 1. The van der Waals surface area contributed by atoms with E-state index in [-0.39, 0.29) is 17.3 Å². The van der Waals surface area contributed by atoms with Crippen LogP contribution in [0, 0.1) is 0 Å². The topological polar surface area (TPSA) is 146 Å². The summed E-state index contributed by atoms with van der Waals surface area (Å²) in [6, 6.07) is 14.2. The van der Waals surface area contributed by atoms with Crippen molar-refractivity contribution in [3.05, 3.63) is 64.8 Å². The predicted octanol–water partition coefficient (Wildman–Crippen LogP) is 3.11. The molecular weight excluding hydrogens is 448 g/mol. The minimum Gasteiger partial charge on any atom is -0.494 e. The van der Waals surface area contributed by atoms with Gasteiger partial charge >= 0.3 is 0 Å². The number of carbonyl (C=O) groups is 1. The van der Waals surface area contributed by atoms with E-state index in [1.165, 1.54) is 10.9 Å². The quantitative estimate of drug-likeness (QED) is 0.297. The molecule has 2 heterocycles. The molecule has 2 aromatic heterocycles. The number of aromatic nitrogens is 5. The number of nitrogens with zero attached hydrogens (tertiary/aromatic N) is 6. The van der Waals surface area contributed by atoms with Crippen molar-refractivity contribution < 1.29 is 14.2 Å². The van der Waals surface area contributed by atoms with Crippen LogP contribution in [0.5, 0.6) is 5.75 Å². The number of amides is 1. The highest BCUT2D eigenvalue weighted by molar-refractivity contribution is 6.33. The standard InChI is InChI=1S/C21H19ClN8O3/c1-2-11-32-15-9-7-13(8-10-15)18-17(25-29-30(18)20-19(23)27-33-28-20)21(31)26-24-12-14-5-3-4-6-16(14)22/h3-10,12H,2,11H2,1H3,(H2,23,27)(H,26,31)/b24-12+. The highest BCUT2D eigenvalue weighted by Crippen LogP contribution is 2.28. The Hall–Kier alpha value is -4.25. The van der Waals surface area contributed by atoms with E-state index in [0.29, 0.717) is 34.2 Å². The molecule has 0 aliphatic carbocycles. The van der Waals surface area contributed by atoms with Gasteiger partial charge < -0.3 is 10.5 Å². The van der Waals surface area contributed by atoms with Gasteiger partial charge in [-0.25, -0.2) is 10.1 Å². The van der Waals surface area contributed by atoms with Crippen LogP contribution in [-0.4, -0.2) is 44.0 Å². The number of benzene rings is 2. The number of hydrogen-bond donors (Lipinski definition) is 2. The fourth-order valence-corrected chi connectivity index (χ4v) is 3.09. The van der Waals surface area contributed by atoms with Crippen LogP contribution in [0.15, 0.2) is 58.3 Å². The largest absolute Gasteiger partial charge is 0.494 e. The third kappa shape index (κ3) is 4.83. The fourth-order valence-electron chi connectivity index (χ4n) is 2.90. The molecule has 11 nitrogen and oxygen atoms in total. The van der Waals surface area contributed by atoms with Crippen LogP contribution in [0.4, 0.5) is 5.82 Å². The van der Waals surface area contributed by atoms with E-state index in [4.69, 9.17) is 22.1 Å². The minimum atomic E-state index is -0.596. The summed E-state index contributed by atoms with van der Waals surface area (Å²) in [5.41, 5.74) is 9.85. The maximum atomic E-state index is 12.9. The first-order chi connectivity index (χ1) is 16.1. The summed E-state index contributed by atoms with van der Waals surface area (Å²) >= 11 is 6.11. The molecule has 0 aliphatic rings. The summed E-state index contributed by atoms with van der Waals surface area (Å²) in [6.45, 7) is 2.62. The number of nitrogens with one attached hydrogen (secondary N) is 1. The van der Waals surface area contributed by atoms with Crippen molar-refractivity contribution in [3.8, 4) is 22.8 Å². The summed E-state index contributed by atoms with van der Waals surface area (Å²) in [5, 5.41) is 19.8. The molecular formula is C21H19ClN8O3. The van der Waals surface area contributed by atoms with Gasteiger partial charge in [0.25, 0.3) is 5.91 Å². The normalized spacial score (nSPS) is 11.1. The predicted molar refractivity (Wildman–Crippen MR) is 121 cm³/mol. The van der Waals surface area contributed by atoms with Crippen molar-refractivity contribution in [1.29, 1.82) is 0 Å². The zero-order valence-electron chi connectivity index (χ0n) is 17.5. The lowest BCUT2D eigenvalue weighted by Gasteiger charge is -2.08. The molecule has 0 saturated heterocycles. The lowest BCUT2D eigenvalue weighted by molar-refractivity contribution is 0.0950. The van der Waals surface area contributed by atoms with Crippen LogP contribution in [0.25, 0.3) is 17.1 Å². The van der Waals surface area contributed by atoms with E-state index in [9.17, 15) is 4.79 Å². The average Bonchev–Trinajstić information content (AvgIpc) is 3.45. The molecule has 0 saturated carbocycles. The number of hydrazone groups is 1. The molecule has 4 rings (SSSR count). The first-order valence-corrected chi connectivity index (χ1v) is 10.3. The molecule has 0 bridgehead atoms. The van der Waals surface area contributed by atoms with Crippen LogP contribution in [0.1, 0.15) is 29.4 Å². The third-order valence-electron chi connectivity index (χ3n) is 4.46. The Kier molecular flexibility index (Phi) is 6.60. The number of nitrogens with two attached hydrogens (primary N) is 1. The smallest absolute Gasteiger partial charge is 0.294 e. The zero-order valence-corrected chi connectivity index (χ0v) is 18.2. The zero-order chi connectivity index (χ0) is 23.2. The first-order valence-electron chi connectivity index (χ1n) is 9.93. The number of nitrogen functional groups attached to an aromatic ring is 1. The van der Waals surface area contributed by atoms with Gasteiger partial charge in [0.05, 0.1) is 12.8 Å². The number of carbonyl (C=O) groups excluding carboxylic acids is 1. The fraction of sp³-hybridized carbons (Fsp3) is 0.143. The van der Waals surface area contributed by atoms with Crippen molar-refractivity contribution in [3.63, 3.8) is 0 Å². The van der Waals surface area contributed by atoms with Crippen molar-refractivity contribution in [2.75, 3.05) is 12.3 Å². The van der Waals surface area contributed by atoms with Crippen LogP contribution in [0.2, 0.25) is 5.02 Å². The number of ether oxygens (including phenoxy) is 1. The third-order valence-corrected chi connectivity index (χ3v) is 4.80. The molecule has 33 heavy (non-hydrogen) atoms. The number of rotatable bonds is 8. The maximum Gasteiger partial charge on any atom is 0.294 e. The maximum absolute atomic E-state index is 12.9. The van der Waals surface area contributed by atoms with Crippen molar-refractivity contribution in [2.24, 2.45) is 5.10 Å². The molecule has 0 aliphatic heterocycles. The summed E-state index contributed by atoms with van der Waals surface area (Å²) < 4.78 is 11.6. The van der Waals surface area contributed by atoms with Crippen LogP contribution >= 0.6 is 11.6 Å². The van der Waals surface area contributed by atoms with E-state index in [2.05, 4.69) is 35.8 Å². The lowest BCUT2D eigenvalue weighted by Crippen LogP contribution is -2.19. The lowest BCUT2D eigenvalue weighted by atomic mass is 10.1. The molecule has 1 amide bonds. The van der Waals surface area contributed by atoms with Crippen LogP contribution < -0.4 is 15.9 Å². The molecule has 2 aromatic carbocycles. The highest BCUT2D eigenvalue weighted by atomic mass is 35.5. The van der Waals surface area contributed by atoms with E-state index in [0.717, 1.165) is 6.42 Å². The Balaban J connectivity index is 1.67. The van der Waals surface area contributed by atoms with Gasteiger partial charge in [0.15, 0.2) is 5.69 Å². The first kappa shape index (κ1) is 22.0. The van der Waals surface area contributed by atoms with Gasteiger partial charge in [-0.1, -0.05) is 41.9 Å². The minimum absolute atomic E-state index is 0.00376. The Morgan fingerprint density at radius 2 is 2.03 bits per heavy atom. The Morgan fingerprint density at radius 3 is 2.73 bits per heavy atom. The second kappa shape index (κ2) is 9.92. The van der Waals surface area contributed by atoms with Crippen molar-refractivity contribution >= 4 is 29.5 Å². The van der Waals surface area contributed by atoms with Crippen molar-refractivity contribution in [1.82, 2.24) is 30.7 Å². The Bertz CT molecular complexity index is 1280. The van der Waals surface area contributed by atoms with Gasteiger partial charge in [0.1, 0.15) is 11.4 Å². The summed E-state index contributed by atoms with van der Waals surface area (Å²) in [4.78, 5) is 12.9. The molecule has 12 heteroatoms. The number of hydrogen-bond acceptors (Lipinski definition) is 9. The van der Waals surface area contributed by atoms with Gasteiger partial charge in [0, 0.05) is 16.1 Å². The average molecular weight is 467 g/mol. The highest BCUT2D eigenvalue weighted by Gasteiger charge is 2.25. The monoisotopic (exact) mass is 466 g/mol. The molecule has 3 N–H and O–H groups in total. The van der Waals surface area contributed by atoms with Crippen LogP contribution in [-0.2, 0) is 0 Å². The second-order valence-electron chi connectivity index (χ2n) is 6.77. The molecule has 4 aromatic rings. The van der Waals surface area contributed by atoms with Gasteiger partial charge in [-0.15, -0.1) is 5.10 Å².